The van der Waals surface area contributed by atoms with E-state index in [0.29, 0.717) is 44.3 Å². The number of aliphatic hydroxyl groups excluding tert-OH is 2. The number of β-amino-alcohol motifs (C(OH)–C–C–N with tert-alkyl or cyclic N) is 1. The molecular formula is C31H34N4O4. The molecule has 2 N–H and O–H groups in total. The Bertz CT molecular complexity index is 1430. The number of hydrogen-bond donors (Lipinski definition) is 2. The van der Waals surface area contributed by atoms with E-state index in [-0.39, 0.29) is 19.1 Å². The number of fused-ring (bicyclic) bond motifs is 1. The topological polar surface area (TPSA) is 101 Å². The lowest BCUT2D eigenvalue weighted by molar-refractivity contribution is 0.0662. The first kappa shape index (κ1) is 26.6. The van der Waals surface area contributed by atoms with E-state index in [0.717, 1.165) is 39.3 Å². The summed E-state index contributed by atoms with van der Waals surface area (Å²) in [5, 5.41) is 23.7. The van der Waals surface area contributed by atoms with E-state index in [1.165, 1.54) is 5.56 Å². The number of amides is 1. The third-order valence-electron chi connectivity index (χ3n) is 7.11. The largest absolute Gasteiger partial charge is 0.489 e. The Morgan fingerprint density at radius 2 is 1.72 bits per heavy atom. The van der Waals surface area contributed by atoms with Gasteiger partial charge in [-0.2, -0.15) is 5.10 Å². The van der Waals surface area contributed by atoms with E-state index in [1.807, 2.05) is 36.4 Å². The molecule has 3 heterocycles. The van der Waals surface area contributed by atoms with E-state index in [9.17, 15) is 15.0 Å². The first-order valence-corrected chi connectivity index (χ1v) is 13.4. The number of carbonyl (C=O) groups is 1. The van der Waals surface area contributed by atoms with Gasteiger partial charge in [0, 0.05) is 43.2 Å². The van der Waals surface area contributed by atoms with Gasteiger partial charge in [-0.3, -0.25) is 14.5 Å². The maximum absolute atomic E-state index is 13.4. The van der Waals surface area contributed by atoms with Crippen LogP contribution in [0.25, 0.3) is 22.4 Å². The number of ether oxygens (including phenoxy) is 1. The Balaban J connectivity index is 1.43. The van der Waals surface area contributed by atoms with Crippen LogP contribution in [0.3, 0.4) is 0 Å². The van der Waals surface area contributed by atoms with Crippen molar-refractivity contribution in [2.75, 3.05) is 26.3 Å². The van der Waals surface area contributed by atoms with Crippen LogP contribution in [0.4, 0.5) is 0 Å². The number of pyridine rings is 1. The van der Waals surface area contributed by atoms with Crippen LogP contribution in [-0.4, -0.2) is 62.1 Å². The average Bonchev–Trinajstić information content (AvgIpc) is 3.35. The Morgan fingerprint density at radius 1 is 0.949 bits per heavy atom. The van der Waals surface area contributed by atoms with Gasteiger partial charge < -0.3 is 19.8 Å². The zero-order valence-corrected chi connectivity index (χ0v) is 22.4. The predicted molar refractivity (Wildman–Crippen MR) is 150 cm³/mol. The minimum absolute atomic E-state index is 0.0832. The summed E-state index contributed by atoms with van der Waals surface area (Å²) in [6.45, 7) is 6.12. The molecule has 0 fully saturated rings. The van der Waals surface area contributed by atoms with Crippen LogP contribution in [0.1, 0.15) is 46.9 Å². The van der Waals surface area contributed by atoms with E-state index >= 15 is 0 Å². The minimum atomic E-state index is -0.137. The van der Waals surface area contributed by atoms with E-state index < -0.39 is 0 Å². The predicted octanol–water partition coefficient (Wildman–Crippen LogP) is 4.30. The van der Waals surface area contributed by atoms with Gasteiger partial charge in [-0.15, -0.1) is 0 Å². The smallest absolute Gasteiger partial charge is 0.272 e. The highest BCUT2D eigenvalue weighted by Crippen LogP contribution is 2.37. The molecule has 4 aromatic rings. The molecule has 0 radical (unpaired) electrons. The molecule has 0 spiro atoms. The fourth-order valence-corrected chi connectivity index (χ4v) is 5.16. The third kappa shape index (κ3) is 5.57. The maximum Gasteiger partial charge on any atom is 0.272 e. The van der Waals surface area contributed by atoms with Crippen molar-refractivity contribution in [3.63, 3.8) is 0 Å². The molecule has 39 heavy (non-hydrogen) atoms. The normalized spacial score (nSPS) is 13.2. The Kier molecular flexibility index (Phi) is 8.05. The van der Waals surface area contributed by atoms with Gasteiger partial charge in [-0.05, 0) is 58.9 Å². The second-order valence-electron chi connectivity index (χ2n) is 10.0. The summed E-state index contributed by atoms with van der Waals surface area (Å²) in [5.41, 5.74) is 7.20. The molecule has 2 aromatic heterocycles. The van der Waals surface area contributed by atoms with Crippen LogP contribution in [0.2, 0.25) is 0 Å². The van der Waals surface area contributed by atoms with Crippen molar-refractivity contribution < 1.29 is 19.7 Å². The summed E-state index contributed by atoms with van der Waals surface area (Å²) in [4.78, 5) is 19.2. The molecule has 0 saturated carbocycles. The van der Waals surface area contributed by atoms with Crippen LogP contribution < -0.4 is 4.74 Å². The van der Waals surface area contributed by atoms with Crippen molar-refractivity contribution in [3.8, 4) is 28.1 Å². The van der Waals surface area contributed by atoms with Crippen molar-refractivity contribution in [3.05, 3.63) is 89.4 Å². The van der Waals surface area contributed by atoms with Gasteiger partial charge >= 0.3 is 0 Å². The molecule has 5 rings (SSSR count). The lowest BCUT2D eigenvalue weighted by atomic mass is 9.94. The van der Waals surface area contributed by atoms with Crippen molar-refractivity contribution >= 4 is 5.91 Å². The molecule has 0 aliphatic carbocycles. The highest BCUT2D eigenvalue weighted by molar-refractivity contribution is 6.03. The molecule has 0 bridgehead atoms. The maximum atomic E-state index is 13.4. The number of rotatable bonds is 10. The molecule has 2 aromatic carbocycles. The molecular weight excluding hydrogens is 492 g/mol. The summed E-state index contributed by atoms with van der Waals surface area (Å²) in [6, 6.07) is 17.8. The van der Waals surface area contributed by atoms with E-state index in [4.69, 9.17) is 9.84 Å². The van der Waals surface area contributed by atoms with E-state index in [2.05, 4.69) is 37.0 Å². The Hall–Kier alpha value is -4.01. The number of aromatic nitrogens is 3. The highest BCUT2D eigenvalue weighted by atomic mass is 16.5. The minimum Gasteiger partial charge on any atom is -0.489 e. The van der Waals surface area contributed by atoms with Crippen LogP contribution in [0.15, 0.2) is 67.0 Å². The average molecular weight is 527 g/mol. The highest BCUT2D eigenvalue weighted by Gasteiger charge is 2.32. The second kappa shape index (κ2) is 11.8. The quantitative estimate of drug-likeness (QED) is 0.320. The van der Waals surface area contributed by atoms with Crippen molar-refractivity contribution in [1.82, 2.24) is 19.7 Å². The van der Waals surface area contributed by atoms with Gasteiger partial charge in [0.1, 0.15) is 23.7 Å². The molecule has 202 valence electrons. The van der Waals surface area contributed by atoms with Gasteiger partial charge in [0.2, 0.25) is 0 Å². The van der Waals surface area contributed by atoms with Crippen molar-refractivity contribution in [2.24, 2.45) is 0 Å². The van der Waals surface area contributed by atoms with Crippen LogP contribution in [-0.2, 0) is 19.6 Å². The molecule has 0 unspecified atom stereocenters. The number of carbonyl (C=O) groups excluding carboxylic acids is 1. The van der Waals surface area contributed by atoms with Crippen LogP contribution >= 0.6 is 0 Å². The molecule has 0 atom stereocenters. The number of benzene rings is 2. The number of hydrogen-bond acceptors (Lipinski definition) is 6. The van der Waals surface area contributed by atoms with Crippen LogP contribution in [0, 0.1) is 0 Å². The fraction of sp³-hybridized carbons (Fsp3) is 0.323. The van der Waals surface area contributed by atoms with Gasteiger partial charge in [-0.1, -0.05) is 44.2 Å². The standard InChI is InChI=1S/C31H34N4O4/c1-21(2)27-8-3-22(19-25(27)11-17-36)20-39-26-6-4-23(5-7-26)28-29(24-9-12-32-13-10-24)33-35-15-14-34(16-18-37)31(38)30(28)35/h3-10,12-13,19,21,36-37H,11,14-18,20H2,1-2H3. The zero-order valence-electron chi connectivity index (χ0n) is 22.4. The first-order chi connectivity index (χ1) is 19.0. The van der Waals surface area contributed by atoms with Gasteiger partial charge in [0.15, 0.2) is 0 Å². The zero-order chi connectivity index (χ0) is 27.4. The number of aliphatic hydroxyl groups is 2. The summed E-state index contributed by atoms with van der Waals surface area (Å²) in [6.07, 6.45) is 4.06. The van der Waals surface area contributed by atoms with Crippen molar-refractivity contribution in [2.45, 2.75) is 39.3 Å². The lowest BCUT2D eigenvalue weighted by Crippen LogP contribution is -2.42. The number of nitrogens with zero attached hydrogens (tertiary/aromatic N) is 4. The van der Waals surface area contributed by atoms with Gasteiger partial charge in [0.05, 0.1) is 13.2 Å². The summed E-state index contributed by atoms with van der Waals surface area (Å²) < 4.78 is 7.88. The molecule has 8 nitrogen and oxygen atoms in total. The van der Waals surface area contributed by atoms with E-state index in [1.54, 1.807) is 22.0 Å². The third-order valence-corrected chi connectivity index (χ3v) is 7.11. The van der Waals surface area contributed by atoms with Crippen molar-refractivity contribution in [1.29, 1.82) is 0 Å². The molecule has 1 aliphatic rings. The van der Waals surface area contributed by atoms with Gasteiger partial charge in [0.25, 0.3) is 5.91 Å². The van der Waals surface area contributed by atoms with Gasteiger partial charge in [-0.25, -0.2) is 0 Å². The summed E-state index contributed by atoms with van der Waals surface area (Å²) >= 11 is 0. The molecule has 1 amide bonds. The Labute approximate surface area is 228 Å². The summed E-state index contributed by atoms with van der Waals surface area (Å²) in [5.74, 6) is 0.973. The fourth-order valence-electron chi connectivity index (χ4n) is 5.16. The summed E-state index contributed by atoms with van der Waals surface area (Å²) in [7, 11) is 0. The first-order valence-electron chi connectivity index (χ1n) is 13.4. The SMILES string of the molecule is CC(C)c1ccc(COc2ccc(-c3c(-c4ccncc4)nn4c3C(=O)N(CCO)CC4)cc2)cc1CCO. The second-order valence-corrected chi connectivity index (χ2v) is 10.0. The Morgan fingerprint density at radius 3 is 2.41 bits per heavy atom. The monoisotopic (exact) mass is 526 g/mol. The van der Waals surface area contributed by atoms with Crippen LogP contribution in [0.5, 0.6) is 5.75 Å². The molecule has 0 saturated heterocycles. The lowest BCUT2D eigenvalue weighted by Gasteiger charge is -2.27. The molecule has 8 heteroatoms. The molecule has 1 aliphatic heterocycles.